The van der Waals surface area contributed by atoms with Crippen LogP contribution < -0.4 is 4.72 Å². The molecule has 0 saturated carbocycles. The van der Waals surface area contributed by atoms with Crippen molar-refractivity contribution in [1.82, 2.24) is 4.72 Å². The summed E-state index contributed by atoms with van der Waals surface area (Å²) in [5.41, 5.74) is 1.15. The molecular formula is C11H11N3O2S. The normalized spacial score (nSPS) is 12.4. The van der Waals surface area contributed by atoms with E-state index in [0.717, 1.165) is 0 Å². The molecule has 17 heavy (non-hydrogen) atoms. The van der Waals surface area contributed by atoms with Crippen molar-refractivity contribution in [3.05, 3.63) is 35.4 Å². The molecule has 1 unspecified atom stereocenters. The van der Waals surface area contributed by atoms with E-state index in [1.807, 2.05) is 6.07 Å². The maximum Gasteiger partial charge on any atom is 0.227 e. The van der Waals surface area contributed by atoms with Gasteiger partial charge in [0.25, 0.3) is 0 Å². The summed E-state index contributed by atoms with van der Waals surface area (Å²) in [4.78, 5) is 0. The molecule has 0 aliphatic heterocycles. The van der Waals surface area contributed by atoms with Crippen LogP contribution in [-0.2, 0) is 16.6 Å². The molecule has 1 aromatic rings. The van der Waals surface area contributed by atoms with E-state index >= 15 is 0 Å². The molecule has 0 saturated heterocycles. The lowest BCUT2D eigenvalue weighted by Crippen LogP contribution is -2.31. The smallest absolute Gasteiger partial charge is 0.211 e. The van der Waals surface area contributed by atoms with E-state index in [4.69, 9.17) is 10.5 Å². The van der Waals surface area contributed by atoms with E-state index in [1.54, 1.807) is 30.3 Å². The Bertz CT molecular complexity index is 581. The van der Waals surface area contributed by atoms with Crippen molar-refractivity contribution in [2.75, 3.05) is 0 Å². The molecule has 6 heteroatoms. The third-order valence-electron chi connectivity index (χ3n) is 2.18. The Balaban J connectivity index is 2.75. The third-order valence-corrected chi connectivity index (χ3v) is 3.76. The van der Waals surface area contributed by atoms with Crippen molar-refractivity contribution in [3.63, 3.8) is 0 Å². The van der Waals surface area contributed by atoms with Crippen LogP contribution in [0.4, 0.5) is 0 Å². The Labute approximate surface area is 100 Å². The molecule has 0 bridgehead atoms. The van der Waals surface area contributed by atoms with Gasteiger partial charge in [-0.2, -0.15) is 10.5 Å². The van der Waals surface area contributed by atoms with Crippen LogP contribution in [0.25, 0.3) is 0 Å². The van der Waals surface area contributed by atoms with Crippen molar-refractivity contribution < 1.29 is 8.42 Å². The first-order valence-corrected chi connectivity index (χ1v) is 6.41. The number of nitriles is 2. The van der Waals surface area contributed by atoms with Gasteiger partial charge in [-0.25, -0.2) is 13.1 Å². The molecule has 0 spiro atoms. The van der Waals surface area contributed by atoms with E-state index in [1.165, 1.54) is 6.92 Å². The van der Waals surface area contributed by atoms with E-state index in [2.05, 4.69) is 4.72 Å². The number of benzene rings is 1. The van der Waals surface area contributed by atoms with Gasteiger partial charge in [0.2, 0.25) is 10.0 Å². The van der Waals surface area contributed by atoms with Gasteiger partial charge < -0.3 is 0 Å². The molecule has 1 atom stereocenters. The molecule has 0 aliphatic rings. The van der Waals surface area contributed by atoms with E-state index < -0.39 is 15.3 Å². The molecule has 0 aromatic heterocycles. The lowest BCUT2D eigenvalue weighted by molar-refractivity contribution is 0.577. The molecule has 0 aliphatic carbocycles. The highest BCUT2D eigenvalue weighted by Crippen LogP contribution is 2.05. The zero-order valence-electron chi connectivity index (χ0n) is 9.21. The van der Waals surface area contributed by atoms with Gasteiger partial charge in [-0.05, 0) is 24.6 Å². The van der Waals surface area contributed by atoms with Crippen molar-refractivity contribution >= 4 is 10.0 Å². The third kappa shape index (κ3) is 3.56. The highest BCUT2D eigenvalue weighted by Gasteiger charge is 2.19. The van der Waals surface area contributed by atoms with Crippen LogP contribution >= 0.6 is 0 Å². The summed E-state index contributed by atoms with van der Waals surface area (Å²) in [5.74, 6) is 0. The molecule has 0 radical (unpaired) electrons. The second-order valence-electron chi connectivity index (χ2n) is 3.45. The van der Waals surface area contributed by atoms with Crippen molar-refractivity contribution in [3.8, 4) is 12.1 Å². The van der Waals surface area contributed by atoms with Crippen molar-refractivity contribution in [1.29, 1.82) is 10.5 Å². The standard InChI is InChI=1S/C11H11N3O2S/c1-9(6-12)17(15,16)14-8-11-4-2-3-10(5-11)7-13/h2-5,9,14H,8H2,1H3. The van der Waals surface area contributed by atoms with Crippen LogP contribution in [-0.4, -0.2) is 13.7 Å². The lowest BCUT2D eigenvalue weighted by atomic mass is 10.1. The van der Waals surface area contributed by atoms with Crippen LogP contribution in [0, 0.1) is 22.7 Å². The van der Waals surface area contributed by atoms with Crippen LogP contribution in [0.1, 0.15) is 18.1 Å². The Kier molecular flexibility index (Phi) is 4.22. The zero-order chi connectivity index (χ0) is 12.9. The summed E-state index contributed by atoms with van der Waals surface area (Å²) in [5, 5.41) is 16.1. The first-order valence-electron chi connectivity index (χ1n) is 4.86. The molecule has 1 rings (SSSR count). The minimum absolute atomic E-state index is 0.0733. The fraction of sp³-hybridized carbons (Fsp3) is 0.273. The average Bonchev–Trinajstić information content (AvgIpc) is 2.35. The Hall–Kier alpha value is -1.89. The maximum absolute atomic E-state index is 11.5. The lowest BCUT2D eigenvalue weighted by Gasteiger charge is -2.07. The minimum Gasteiger partial charge on any atom is -0.211 e. The second-order valence-corrected chi connectivity index (χ2v) is 5.54. The topological polar surface area (TPSA) is 93.8 Å². The van der Waals surface area contributed by atoms with Gasteiger partial charge in [0.1, 0.15) is 0 Å². The summed E-state index contributed by atoms with van der Waals surface area (Å²) in [6.07, 6.45) is 0. The highest BCUT2D eigenvalue weighted by molar-refractivity contribution is 7.90. The number of hydrogen-bond acceptors (Lipinski definition) is 4. The zero-order valence-corrected chi connectivity index (χ0v) is 10.0. The molecule has 1 aromatic carbocycles. The fourth-order valence-electron chi connectivity index (χ4n) is 1.13. The molecular weight excluding hydrogens is 238 g/mol. The molecule has 5 nitrogen and oxygen atoms in total. The van der Waals surface area contributed by atoms with Crippen LogP contribution in [0.2, 0.25) is 0 Å². The second kappa shape index (κ2) is 5.44. The van der Waals surface area contributed by atoms with Gasteiger partial charge in [-0.15, -0.1) is 0 Å². The van der Waals surface area contributed by atoms with Gasteiger partial charge in [-0.1, -0.05) is 12.1 Å². The number of nitrogens with zero attached hydrogens (tertiary/aromatic N) is 2. The minimum atomic E-state index is -3.62. The van der Waals surface area contributed by atoms with Crippen LogP contribution in [0.3, 0.4) is 0 Å². The Morgan fingerprint density at radius 3 is 2.71 bits per heavy atom. The predicted octanol–water partition coefficient (Wildman–Crippen LogP) is 0.890. The van der Waals surface area contributed by atoms with Crippen LogP contribution in [0.15, 0.2) is 24.3 Å². The number of rotatable bonds is 4. The molecule has 0 amide bonds. The quantitative estimate of drug-likeness (QED) is 0.857. The summed E-state index contributed by atoms with van der Waals surface area (Å²) >= 11 is 0. The number of sulfonamides is 1. The van der Waals surface area contributed by atoms with E-state index in [9.17, 15) is 8.42 Å². The molecule has 88 valence electrons. The summed E-state index contributed by atoms with van der Waals surface area (Å²) in [6, 6.07) is 10.2. The maximum atomic E-state index is 11.5. The van der Waals surface area contributed by atoms with Gasteiger partial charge >= 0.3 is 0 Å². The molecule has 0 fully saturated rings. The monoisotopic (exact) mass is 249 g/mol. The van der Waals surface area contributed by atoms with E-state index in [-0.39, 0.29) is 6.54 Å². The average molecular weight is 249 g/mol. The number of nitrogens with one attached hydrogen (secondary N) is 1. The highest BCUT2D eigenvalue weighted by atomic mass is 32.2. The Morgan fingerprint density at radius 1 is 1.41 bits per heavy atom. The van der Waals surface area contributed by atoms with E-state index in [0.29, 0.717) is 11.1 Å². The molecule has 0 heterocycles. The van der Waals surface area contributed by atoms with Crippen molar-refractivity contribution in [2.24, 2.45) is 0 Å². The van der Waals surface area contributed by atoms with Crippen molar-refractivity contribution in [2.45, 2.75) is 18.7 Å². The summed E-state index contributed by atoms with van der Waals surface area (Å²) < 4.78 is 25.3. The first kappa shape index (κ1) is 13.2. The Morgan fingerprint density at radius 2 is 2.12 bits per heavy atom. The SMILES string of the molecule is CC(C#N)S(=O)(=O)NCc1cccc(C#N)c1. The van der Waals surface area contributed by atoms with Gasteiger partial charge in [0.15, 0.2) is 5.25 Å². The largest absolute Gasteiger partial charge is 0.227 e. The van der Waals surface area contributed by atoms with Gasteiger partial charge in [0.05, 0.1) is 17.7 Å². The number of hydrogen-bond donors (Lipinski definition) is 1. The first-order chi connectivity index (χ1) is 7.99. The fourth-order valence-corrected chi connectivity index (χ4v) is 1.89. The predicted molar refractivity (Wildman–Crippen MR) is 62.0 cm³/mol. The summed E-state index contributed by atoms with van der Waals surface area (Å²) in [6.45, 7) is 1.39. The van der Waals surface area contributed by atoms with Gasteiger partial charge in [0, 0.05) is 6.54 Å². The van der Waals surface area contributed by atoms with Crippen LogP contribution in [0.5, 0.6) is 0 Å². The van der Waals surface area contributed by atoms with Gasteiger partial charge in [-0.3, -0.25) is 0 Å². The summed E-state index contributed by atoms with van der Waals surface area (Å²) in [7, 11) is -3.62. The molecule has 1 N–H and O–H groups in total.